The molecule has 0 fully saturated rings. The van der Waals surface area contributed by atoms with Gasteiger partial charge in [0.1, 0.15) is 6.61 Å². The Morgan fingerprint density at radius 1 is 1.08 bits per heavy atom. The molecule has 0 bridgehead atoms. The fourth-order valence-corrected chi connectivity index (χ4v) is 4.02. The van der Waals surface area contributed by atoms with Crippen LogP contribution in [-0.2, 0) is 0 Å². The van der Waals surface area contributed by atoms with Crippen molar-refractivity contribution in [3.63, 3.8) is 0 Å². The molecule has 0 aliphatic carbocycles. The van der Waals surface area contributed by atoms with Gasteiger partial charge in [-0.15, -0.1) is 11.3 Å². The van der Waals surface area contributed by atoms with Crippen molar-refractivity contribution < 1.29 is 14.3 Å². The molecule has 36 heavy (non-hydrogen) atoms. The lowest BCUT2D eigenvalue weighted by Gasteiger charge is -2.09. The molecular weight excluding hydrogens is 472 g/mol. The number of ether oxygens (including phenoxy) is 2. The Hall–Kier alpha value is -4.43. The second-order valence-corrected chi connectivity index (χ2v) is 8.67. The molecule has 7 nitrogen and oxygen atoms in total. The maximum atomic E-state index is 12.5. The molecule has 182 valence electrons. The van der Waals surface area contributed by atoms with E-state index in [1.807, 2.05) is 35.7 Å². The molecule has 0 radical (unpaired) electrons. The van der Waals surface area contributed by atoms with E-state index in [1.165, 1.54) is 16.9 Å². The summed E-state index contributed by atoms with van der Waals surface area (Å²) in [5.41, 5.74) is 7.77. The van der Waals surface area contributed by atoms with Crippen LogP contribution in [0.15, 0.2) is 89.9 Å². The molecule has 0 unspecified atom stereocenters. The minimum Gasteiger partial charge on any atom is -0.493 e. The summed E-state index contributed by atoms with van der Waals surface area (Å²) in [6.45, 7) is 6.07. The van der Waals surface area contributed by atoms with Gasteiger partial charge >= 0.3 is 0 Å². The summed E-state index contributed by atoms with van der Waals surface area (Å²) in [5.74, 6) is 0.870. The van der Waals surface area contributed by atoms with Crippen LogP contribution in [-0.4, -0.2) is 30.8 Å². The number of benzene rings is 3. The van der Waals surface area contributed by atoms with E-state index in [-0.39, 0.29) is 5.91 Å². The lowest BCUT2D eigenvalue weighted by molar-refractivity contribution is 0.0955. The first-order chi connectivity index (χ1) is 17.6. The average Bonchev–Trinajstić information content (AvgIpc) is 3.37. The van der Waals surface area contributed by atoms with Crippen molar-refractivity contribution in [1.82, 2.24) is 10.4 Å². The summed E-state index contributed by atoms with van der Waals surface area (Å²) < 4.78 is 10.9. The van der Waals surface area contributed by atoms with Crippen molar-refractivity contribution in [2.45, 2.75) is 6.92 Å². The smallest absolute Gasteiger partial charge is 0.271 e. The highest BCUT2D eigenvalue weighted by molar-refractivity contribution is 7.14. The first-order valence-electron chi connectivity index (χ1n) is 11.2. The third-order valence-corrected chi connectivity index (χ3v) is 5.93. The molecule has 4 aromatic rings. The summed E-state index contributed by atoms with van der Waals surface area (Å²) >= 11 is 1.53. The van der Waals surface area contributed by atoms with E-state index in [2.05, 4.69) is 46.5 Å². The van der Waals surface area contributed by atoms with E-state index in [1.54, 1.807) is 43.7 Å². The Bertz CT molecular complexity index is 1360. The lowest BCUT2D eigenvalue weighted by Crippen LogP contribution is -2.17. The number of thiazole rings is 1. The summed E-state index contributed by atoms with van der Waals surface area (Å²) in [6.07, 6.45) is 3.21. The van der Waals surface area contributed by atoms with Crippen molar-refractivity contribution in [1.29, 1.82) is 0 Å². The third-order valence-electron chi connectivity index (χ3n) is 5.17. The Morgan fingerprint density at radius 2 is 1.86 bits per heavy atom. The molecule has 0 aliphatic heterocycles. The minimum absolute atomic E-state index is 0.310. The SMILES string of the molecule is C=CCOc1ccc(C=NNC(=O)c2ccc(-c3csc(Nc4ccc(C)cc4)n3)cc2)cc1OC. The van der Waals surface area contributed by atoms with Crippen LogP contribution in [0.5, 0.6) is 11.5 Å². The van der Waals surface area contributed by atoms with E-state index in [4.69, 9.17) is 9.47 Å². The van der Waals surface area contributed by atoms with Crippen LogP contribution in [0.25, 0.3) is 11.3 Å². The molecule has 1 aromatic heterocycles. The monoisotopic (exact) mass is 498 g/mol. The summed E-state index contributed by atoms with van der Waals surface area (Å²) in [5, 5.41) is 10.2. The fraction of sp³-hybridized carbons (Fsp3) is 0.107. The van der Waals surface area contributed by atoms with Gasteiger partial charge < -0.3 is 14.8 Å². The Morgan fingerprint density at radius 3 is 2.58 bits per heavy atom. The van der Waals surface area contributed by atoms with Crippen molar-refractivity contribution in [2.75, 3.05) is 19.0 Å². The van der Waals surface area contributed by atoms with E-state index >= 15 is 0 Å². The molecule has 0 spiro atoms. The Labute approximate surface area is 214 Å². The largest absolute Gasteiger partial charge is 0.493 e. The number of aromatic nitrogens is 1. The molecule has 0 aliphatic rings. The van der Waals surface area contributed by atoms with Gasteiger partial charge in [0, 0.05) is 22.2 Å². The molecular formula is C28H26N4O3S. The predicted octanol–water partition coefficient (Wildman–Crippen LogP) is 6.20. The molecule has 1 heterocycles. The van der Waals surface area contributed by atoms with Gasteiger partial charge in [-0.3, -0.25) is 4.79 Å². The highest BCUT2D eigenvalue weighted by Gasteiger charge is 2.09. The predicted molar refractivity (Wildman–Crippen MR) is 146 cm³/mol. The van der Waals surface area contributed by atoms with Gasteiger partial charge in [-0.05, 0) is 55.0 Å². The standard InChI is InChI=1S/C28H26N4O3S/c1-4-15-35-25-14-7-20(16-26(25)34-3)17-29-32-27(33)22-10-8-21(9-11-22)24-18-36-28(31-24)30-23-12-5-19(2)6-13-23/h4-14,16-18H,1,15H2,2-3H3,(H,30,31)(H,32,33). The Kier molecular flexibility index (Phi) is 8.10. The topological polar surface area (TPSA) is 84.8 Å². The van der Waals surface area contributed by atoms with Crippen LogP contribution in [0.1, 0.15) is 21.5 Å². The summed E-state index contributed by atoms with van der Waals surface area (Å²) in [7, 11) is 1.56. The first-order valence-corrected chi connectivity index (χ1v) is 12.1. The molecule has 3 aromatic carbocycles. The maximum Gasteiger partial charge on any atom is 0.271 e. The number of hydrazone groups is 1. The molecule has 0 saturated heterocycles. The number of nitrogens with one attached hydrogen (secondary N) is 2. The van der Waals surface area contributed by atoms with Crippen LogP contribution >= 0.6 is 11.3 Å². The van der Waals surface area contributed by atoms with Crippen LogP contribution in [0.2, 0.25) is 0 Å². The zero-order valence-corrected chi connectivity index (χ0v) is 20.8. The molecule has 2 N–H and O–H groups in total. The number of aryl methyl sites for hydroxylation is 1. The highest BCUT2D eigenvalue weighted by atomic mass is 32.1. The van der Waals surface area contributed by atoms with Gasteiger partial charge in [0.05, 0.1) is 19.0 Å². The van der Waals surface area contributed by atoms with Gasteiger partial charge in [-0.2, -0.15) is 5.10 Å². The van der Waals surface area contributed by atoms with Crippen LogP contribution < -0.4 is 20.2 Å². The van der Waals surface area contributed by atoms with E-state index in [0.29, 0.717) is 23.7 Å². The van der Waals surface area contributed by atoms with E-state index < -0.39 is 0 Å². The number of nitrogens with zero attached hydrogens (tertiary/aromatic N) is 2. The zero-order chi connectivity index (χ0) is 25.3. The van der Waals surface area contributed by atoms with Gasteiger partial charge in [0.25, 0.3) is 5.91 Å². The normalized spacial score (nSPS) is 10.7. The summed E-state index contributed by atoms with van der Waals surface area (Å²) in [6, 6.07) is 20.8. The van der Waals surface area contributed by atoms with Gasteiger partial charge in [-0.25, -0.2) is 10.4 Å². The van der Waals surface area contributed by atoms with Gasteiger partial charge in [-0.1, -0.05) is 42.5 Å². The second-order valence-electron chi connectivity index (χ2n) is 7.82. The van der Waals surface area contributed by atoms with Crippen LogP contribution in [0, 0.1) is 6.92 Å². The highest BCUT2D eigenvalue weighted by Crippen LogP contribution is 2.28. The van der Waals surface area contributed by atoms with Crippen molar-refractivity contribution in [2.24, 2.45) is 5.10 Å². The lowest BCUT2D eigenvalue weighted by atomic mass is 10.1. The number of hydrogen-bond donors (Lipinski definition) is 2. The van der Waals surface area contributed by atoms with Crippen LogP contribution in [0.4, 0.5) is 10.8 Å². The van der Waals surface area contributed by atoms with Crippen molar-refractivity contribution >= 4 is 34.3 Å². The van der Waals surface area contributed by atoms with E-state index in [0.717, 1.165) is 27.6 Å². The minimum atomic E-state index is -0.310. The van der Waals surface area contributed by atoms with Crippen molar-refractivity contribution in [3.8, 4) is 22.8 Å². The molecule has 4 rings (SSSR count). The number of hydrogen-bond acceptors (Lipinski definition) is 7. The molecule has 0 saturated carbocycles. The van der Waals surface area contributed by atoms with Crippen molar-refractivity contribution in [3.05, 3.63) is 101 Å². The van der Waals surface area contributed by atoms with E-state index in [9.17, 15) is 4.79 Å². The molecule has 8 heteroatoms. The molecule has 0 atom stereocenters. The number of carbonyl (C=O) groups is 1. The zero-order valence-electron chi connectivity index (χ0n) is 20.0. The quantitative estimate of drug-likeness (QED) is 0.154. The first kappa shape index (κ1) is 24.7. The van der Waals surface area contributed by atoms with Gasteiger partial charge in [0.15, 0.2) is 16.6 Å². The number of rotatable bonds is 10. The number of amides is 1. The number of anilines is 2. The molecule has 1 amide bonds. The Balaban J connectivity index is 1.35. The van der Waals surface area contributed by atoms with Gasteiger partial charge in [0.2, 0.25) is 0 Å². The summed E-state index contributed by atoms with van der Waals surface area (Å²) in [4.78, 5) is 17.2. The second kappa shape index (κ2) is 11.8. The average molecular weight is 499 g/mol. The fourth-order valence-electron chi connectivity index (χ4n) is 3.28. The van der Waals surface area contributed by atoms with Crippen LogP contribution in [0.3, 0.4) is 0 Å². The third kappa shape index (κ3) is 6.37. The number of carbonyl (C=O) groups excluding carboxylic acids is 1. The number of methoxy groups -OCH3 is 1. The maximum absolute atomic E-state index is 12.5.